The molecule has 1 aromatic rings. The van der Waals surface area contributed by atoms with Crippen molar-refractivity contribution in [1.82, 2.24) is 0 Å². The van der Waals surface area contributed by atoms with E-state index >= 15 is 0 Å². The average molecular weight is 274 g/mol. The zero-order valence-electron chi connectivity index (χ0n) is 9.75. The molecule has 0 aromatic heterocycles. The molecule has 0 fully saturated rings. The first-order chi connectivity index (χ1) is 8.64. The molecular weight excluding hydrogens is 265 g/mol. The van der Waals surface area contributed by atoms with Crippen LogP contribution >= 0.6 is 0 Å². The predicted octanol–water partition coefficient (Wildman–Crippen LogP) is 2.67. The van der Waals surface area contributed by atoms with E-state index in [0.717, 1.165) is 25.1 Å². The van der Waals surface area contributed by atoms with Gasteiger partial charge in [0, 0.05) is 0 Å². The van der Waals surface area contributed by atoms with Crippen molar-refractivity contribution in [2.24, 2.45) is 0 Å². The van der Waals surface area contributed by atoms with Gasteiger partial charge in [-0.25, -0.2) is 4.79 Å². The number of aromatic carboxylic acids is 1. The van der Waals surface area contributed by atoms with Gasteiger partial charge in [0.05, 0.1) is 17.5 Å². The molecule has 0 radical (unpaired) electrons. The van der Waals surface area contributed by atoms with Crippen LogP contribution < -0.4 is 4.74 Å². The number of halogens is 3. The lowest BCUT2D eigenvalue weighted by atomic mass is 9.90. The van der Waals surface area contributed by atoms with Crippen molar-refractivity contribution < 1.29 is 32.6 Å². The molecule has 4 nitrogen and oxygen atoms in total. The molecule has 2 rings (SSSR count). The molecule has 1 aliphatic heterocycles. The van der Waals surface area contributed by atoms with Crippen LogP contribution in [0, 0.1) is 0 Å². The van der Waals surface area contributed by atoms with Gasteiger partial charge in [-0.3, -0.25) is 4.79 Å². The number of ketones is 1. The number of carbonyl (C=O) groups is 2. The van der Waals surface area contributed by atoms with Crippen molar-refractivity contribution >= 4 is 11.8 Å². The van der Waals surface area contributed by atoms with Crippen LogP contribution in [0.4, 0.5) is 13.2 Å². The Morgan fingerprint density at radius 3 is 2.58 bits per heavy atom. The van der Waals surface area contributed by atoms with E-state index in [1.165, 1.54) is 0 Å². The van der Waals surface area contributed by atoms with Crippen LogP contribution in [0.5, 0.6) is 5.75 Å². The molecule has 0 saturated heterocycles. The normalized spacial score (nSPS) is 22.6. The van der Waals surface area contributed by atoms with Crippen LogP contribution in [0.1, 0.15) is 34.1 Å². The number of Topliss-reactive ketones (excluding diaryl/α,β-unsaturated/α-hetero) is 1. The molecule has 7 heteroatoms. The first-order valence-electron chi connectivity index (χ1n) is 5.30. The number of hydrogen-bond acceptors (Lipinski definition) is 3. The van der Waals surface area contributed by atoms with E-state index < -0.39 is 30.0 Å². The highest BCUT2D eigenvalue weighted by molar-refractivity contribution is 6.02. The van der Waals surface area contributed by atoms with Crippen LogP contribution in [0.15, 0.2) is 18.2 Å². The maximum Gasteiger partial charge on any atom is 0.428 e. The highest BCUT2D eigenvalue weighted by Crippen LogP contribution is 2.42. The van der Waals surface area contributed by atoms with Crippen LogP contribution in [0.2, 0.25) is 0 Å². The van der Waals surface area contributed by atoms with Crippen LogP contribution in [0.3, 0.4) is 0 Å². The number of carboxylic acids is 1. The van der Waals surface area contributed by atoms with Gasteiger partial charge in [0.2, 0.25) is 5.60 Å². The van der Waals surface area contributed by atoms with Gasteiger partial charge < -0.3 is 9.84 Å². The summed E-state index contributed by atoms with van der Waals surface area (Å²) in [5.74, 6) is -2.30. The molecule has 1 atom stereocenters. The summed E-state index contributed by atoms with van der Waals surface area (Å²) in [4.78, 5) is 22.5. The molecule has 0 aliphatic carbocycles. The number of fused-ring (bicyclic) bond motifs is 1. The fourth-order valence-electron chi connectivity index (χ4n) is 1.81. The zero-order valence-corrected chi connectivity index (χ0v) is 9.75. The third-order valence-corrected chi connectivity index (χ3v) is 2.96. The van der Waals surface area contributed by atoms with Gasteiger partial charge in [-0.2, -0.15) is 13.2 Å². The number of ether oxygens (including phenoxy) is 1. The number of alkyl halides is 3. The number of carboxylic acid groups (broad SMARTS) is 1. The predicted molar refractivity (Wildman–Crippen MR) is 57.4 cm³/mol. The SMILES string of the molecule is CC1(C(F)(F)F)CC(=O)c2cc(C(=O)O)ccc2O1. The molecule has 0 spiro atoms. The number of hydrogen-bond donors (Lipinski definition) is 1. The van der Waals surface area contributed by atoms with Gasteiger partial charge >= 0.3 is 12.1 Å². The largest absolute Gasteiger partial charge is 0.478 e. The molecule has 0 saturated carbocycles. The van der Waals surface area contributed by atoms with Crippen molar-refractivity contribution in [2.75, 3.05) is 0 Å². The summed E-state index contributed by atoms with van der Waals surface area (Å²) in [6.07, 6.45) is -5.56. The van der Waals surface area contributed by atoms with E-state index in [9.17, 15) is 22.8 Å². The van der Waals surface area contributed by atoms with Gasteiger partial charge in [0.1, 0.15) is 5.75 Å². The van der Waals surface area contributed by atoms with Crippen LogP contribution in [-0.4, -0.2) is 28.6 Å². The van der Waals surface area contributed by atoms with Crippen molar-refractivity contribution in [2.45, 2.75) is 25.1 Å². The molecule has 1 aromatic carbocycles. The van der Waals surface area contributed by atoms with Crippen molar-refractivity contribution in [3.63, 3.8) is 0 Å². The average Bonchev–Trinajstić information content (AvgIpc) is 2.26. The lowest BCUT2D eigenvalue weighted by Gasteiger charge is -2.36. The maximum absolute atomic E-state index is 12.8. The smallest absolute Gasteiger partial charge is 0.428 e. The minimum Gasteiger partial charge on any atom is -0.478 e. The Balaban J connectivity index is 2.47. The van der Waals surface area contributed by atoms with E-state index in [4.69, 9.17) is 9.84 Å². The quantitative estimate of drug-likeness (QED) is 0.855. The summed E-state index contributed by atoms with van der Waals surface area (Å²) in [5, 5.41) is 8.77. The lowest BCUT2D eigenvalue weighted by Crippen LogP contribution is -2.51. The second kappa shape index (κ2) is 3.97. The zero-order chi connectivity index (χ0) is 14.4. The van der Waals surface area contributed by atoms with Crippen LogP contribution in [0.25, 0.3) is 0 Å². The Labute approximate surface area is 105 Å². The molecule has 0 bridgehead atoms. The third kappa shape index (κ3) is 2.16. The fraction of sp³-hybridized carbons (Fsp3) is 0.333. The topological polar surface area (TPSA) is 63.6 Å². The molecule has 0 amide bonds. The van der Waals surface area contributed by atoms with Gasteiger partial charge in [-0.05, 0) is 25.1 Å². The maximum atomic E-state index is 12.8. The molecule has 1 aliphatic rings. The van der Waals surface area contributed by atoms with Crippen molar-refractivity contribution in [3.05, 3.63) is 29.3 Å². The summed E-state index contributed by atoms with van der Waals surface area (Å²) >= 11 is 0. The molecule has 102 valence electrons. The number of rotatable bonds is 1. The molecule has 1 unspecified atom stereocenters. The Morgan fingerprint density at radius 1 is 1.42 bits per heavy atom. The first-order valence-corrected chi connectivity index (χ1v) is 5.30. The van der Waals surface area contributed by atoms with E-state index in [2.05, 4.69) is 0 Å². The summed E-state index contributed by atoms with van der Waals surface area (Å²) < 4.78 is 43.3. The number of carbonyl (C=O) groups excluding carboxylic acids is 1. The van der Waals surface area contributed by atoms with Gasteiger partial charge in [0.15, 0.2) is 5.78 Å². The minimum atomic E-state index is -4.69. The fourth-order valence-corrected chi connectivity index (χ4v) is 1.81. The highest BCUT2D eigenvalue weighted by atomic mass is 19.4. The number of benzene rings is 1. The van der Waals surface area contributed by atoms with Crippen molar-refractivity contribution in [1.29, 1.82) is 0 Å². The van der Waals surface area contributed by atoms with E-state index in [0.29, 0.717) is 0 Å². The Bertz CT molecular complexity index is 565. The highest BCUT2D eigenvalue weighted by Gasteiger charge is 2.57. The van der Waals surface area contributed by atoms with E-state index in [1.807, 2.05) is 0 Å². The Morgan fingerprint density at radius 2 is 2.05 bits per heavy atom. The first kappa shape index (κ1) is 13.4. The monoisotopic (exact) mass is 274 g/mol. The van der Waals surface area contributed by atoms with Gasteiger partial charge in [-0.15, -0.1) is 0 Å². The standard InChI is InChI=1S/C12H9F3O4/c1-11(12(13,14)15)5-8(16)7-4-6(10(17)18)2-3-9(7)19-11/h2-4H,5H2,1H3,(H,17,18). The Kier molecular flexibility index (Phi) is 2.80. The van der Waals surface area contributed by atoms with Gasteiger partial charge in [0.25, 0.3) is 0 Å². The summed E-state index contributed by atoms with van der Waals surface area (Å²) in [6.45, 7) is 0.791. The second-order valence-corrected chi connectivity index (χ2v) is 4.45. The summed E-state index contributed by atoms with van der Waals surface area (Å²) in [7, 11) is 0. The minimum absolute atomic E-state index is 0.137. The molecule has 1 heterocycles. The van der Waals surface area contributed by atoms with Gasteiger partial charge in [-0.1, -0.05) is 0 Å². The lowest BCUT2D eigenvalue weighted by molar-refractivity contribution is -0.241. The Hall–Kier alpha value is -2.05. The van der Waals surface area contributed by atoms with E-state index in [-0.39, 0.29) is 16.9 Å². The van der Waals surface area contributed by atoms with Crippen LogP contribution in [-0.2, 0) is 0 Å². The molecule has 19 heavy (non-hydrogen) atoms. The summed E-state index contributed by atoms with van der Waals surface area (Å²) in [6, 6.07) is 3.19. The van der Waals surface area contributed by atoms with Crippen molar-refractivity contribution in [3.8, 4) is 5.75 Å². The molecular formula is C12H9F3O4. The third-order valence-electron chi connectivity index (χ3n) is 2.96. The van der Waals surface area contributed by atoms with E-state index in [1.54, 1.807) is 0 Å². The molecule has 1 N–H and O–H groups in total. The second-order valence-electron chi connectivity index (χ2n) is 4.45. The summed E-state index contributed by atoms with van der Waals surface area (Å²) in [5.41, 5.74) is -2.89.